The van der Waals surface area contributed by atoms with Crippen LogP contribution < -0.4 is 5.32 Å². The van der Waals surface area contributed by atoms with Gasteiger partial charge in [0, 0.05) is 24.7 Å². The van der Waals surface area contributed by atoms with Gasteiger partial charge in [-0.05, 0) is 38.6 Å². The van der Waals surface area contributed by atoms with Crippen molar-refractivity contribution in [2.75, 3.05) is 20.6 Å². The van der Waals surface area contributed by atoms with Gasteiger partial charge in [0.15, 0.2) is 0 Å². The van der Waals surface area contributed by atoms with Crippen molar-refractivity contribution in [2.24, 2.45) is 5.92 Å². The average molecular weight is 270 g/mol. The lowest BCUT2D eigenvalue weighted by molar-refractivity contribution is 0.246. The van der Waals surface area contributed by atoms with Gasteiger partial charge in [-0.2, -0.15) is 0 Å². The Morgan fingerprint density at radius 3 is 2.21 bits per heavy atom. The van der Waals surface area contributed by atoms with E-state index >= 15 is 0 Å². The van der Waals surface area contributed by atoms with Crippen LogP contribution in [0.25, 0.3) is 0 Å². The summed E-state index contributed by atoms with van der Waals surface area (Å²) < 4.78 is 26.9. The summed E-state index contributed by atoms with van der Waals surface area (Å²) in [7, 11) is 4.05. The molecule has 0 spiro atoms. The van der Waals surface area contributed by atoms with Crippen LogP contribution in [0.4, 0.5) is 8.78 Å². The van der Waals surface area contributed by atoms with Crippen LogP contribution >= 0.6 is 0 Å². The molecule has 0 unspecified atom stereocenters. The number of benzene rings is 1. The van der Waals surface area contributed by atoms with Gasteiger partial charge >= 0.3 is 0 Å². The number of hydrogen-bond donors (Lipinski definition) is 1. The van der Waals surface area contributed by atoms with Gasteiger partial charge in [-0.1, -0.05) is 19.9 Å². The maximum Gasteiger partial charge on any atom is 0.130 e. The topological polar surface area (TPSA) is 15.3 Å². The number of halogens is 2. The third-order valence-corrected chi connectivity index (χ3v) is 3.22. The fourth-order valence-electron chi connectivity index (χ4n) is 2.09. The highest BCUT2D eigenvalue weighted by Crippen LogP contribution is 2.12. The van der Waals surface area contributed by atoms with Crippen molar-refractivity contribution in [3.05, 3.63) is 35.4 Å². The SMILES string of the molecule is CC(C)C[C@H](CNCc1c(F)cccc1F)N(C)C. The van der Waals surface area contributed by atoms with Crippen LogP contribution in [0.3, 0.4) is 0 Å². The molecule has 1 atom stereocenters. The second-order valence-corrected chi connectivity index (χ2v) is 5.58. The van der Waals surface area contributed by atoms with E-state index in [1.807, 2.05) is 14.1 Å². The van der Waals surface area contributed by atoms with E-state index < -0.39 is 11.6 Å². The smallest absolute Gasteiger partial charge is 0.130 e. The molecule has 0 saturated carbocycles. The van der Waals surface area contributed by atoms with Gasteiger partial charge in [0.05, 0.1) is 0 Å². The van der Waals surface area contributed by atoms with E-state index in [4.69, 9.17) is 0 Å². The molecule has 0 bridgehead atoms. The average Bonchev–Trinajstić information content (AvgIpc) is 2.30. The molecule has 0 aliphatic rings. The summed E-state index contributed by atoms with van der Waals surface area (Å²) in [6.07, 6.45) is 1.06. The summed E-state index contributed by atoms with van der Waals surface area (Å²) in [6, 6.07) is 4.33. The summed E-state index contributed by atoms with van der Waals surface area (Å²) in [5.74, 6) is -0.380. The van der Waals surface area contributed by atoms with Crippen molar-refractivity contribution < 1.29 is 8.78 Å². The molecule has 0 radical (unpaired) electrons. The third-order valence-electron chi connectivity index (χ3n) is 3.22. The van der Waals surface area contributed by atoms with Crippen molar-refractivity contribution in [2.45, 2.75) is 32.9 Å². The zero-order valence-electron chi connectivity index (χ0n) is 12.2. The summed E-state index contributed by atoms with van der Waals surface area (Å²) in [6.45, 7) is 5.29. The normalized spacial score (nSPS) is 13.3. The predicted molar refractivity (Wildman–Crippen MR) is 75.0 cm³/mol. The van der Waals surface area contributed by atoms with Crippen molar-refractivity contribution >= 4 is 0 Å². The van der Waals surface area contributed by atoms with Gasteiger partial charge in [0.1, 0.15) is 11.6 Å². The second-order valence-electron chi connectivity index (χ2n) is 5.58. The number of nitrogens with zero attached hydrogens (tertiary/aromatic N) is 1. The fourth-order valence-corrected chi connectivity index (χ4v) is 2.09. The van der Waals surface area contributed by atoms with E-state index in [0.717, 1.165) is 13.0 Å². The molecule has 0 aromatic heterocycles. The molecule has 1 rings (SSSR count). The molecule has 0 aliphatic heterocycles. The summed E-state index contributed by atoms with van der Waals surface area (Å²) >= 11 is 0. The first kappa shape index (κ1) is 16.1. The third kappa shape index (κ3) is 5.25. The quantitative estimate of drug-likeness (QED) is 0.819. The molecular weight excluding hydrogens is 246 g/mol. The van der Waals surface area contributed by atoms with Crippen LogP contribution in [-0.2, 0) is 6.54 Å². The summed E-state index contributed by atoms with van der Waals surface area (Å²) in [5.41, 5.74) is 0.115. The molecule has 1 N–H and O–H groups in total. The highest BCUT2D eigenvalue weighted by molar-refractivity contribution is 5.19. The van der Waals surface area contributed by atoms with Crippen LogP contribution in [0.1, 0.15) is 25.8 Å². The lowest BCUT2D eigenvalue weighted by atomic mass is 10.0. The van der Waals surface area contributed by atoms with Crippen LogP contribution in [0.15, 0.2) is 18.2 Å². The van der Waals surface area contributed by atoms with Crippen molar-refractivity contribution in [1.29, 1.82) is 0 Å². The molecule has 0 fully saturated rings. The minimum Gasteiger partial charge on any atom is -0.311 e. The summed E-state index contributed by atoms with van der Waals surface area (Å²) in [5, 5.41) is 3.15. The van der Waals surface area contributed by atoms with Crippen LogP contribution in [-0.4, -0.2) is 31.6 Å². The Labute approximate surface area is 114 Å². The Morgan fingerprint density at radius 1 is 1.16 bits per heavy atom. The van der Waals surface area contributed by atoms with Crippen molar-refractivity contribution in [3.8, 4) is 0 Å². The van der Waals surface area contributed by atoms with Gasteiger partial charge in [0.2, 0.25) is 0 Å². The first-order valence-corrected chi connectivity index (χ1v) is 6.71. The maximum absolute atomic E-state index is 13.5. The van der Waals surface area contributed by atoms with Gasteiger partial charge in [-0.3, -0.25) is 0 Å². The zero-order chi connectivity index (χ0) is 14.4. The number of rotatable bonds is 7. The van der Waals surface area contributed by atoms with E-state index in [9.17, 15) is 8.78 Å². The lowest BCUT2D eigenvalue weighted by Crippen LogP contribution is -2.38. The van der Waals surface area contributed by atoms with E-state index in [1.165, 1.54) is 18.2 Å². The number of nitrogens with one attached hydrogen (secondary N) is 1. The van der Waals surface area contributed by atoms with Gasteiger partial charge in [-0.15, -0.1) is 0 Å². The monoisotopic (exact) mass is 270 g/mol. The largest absolute Gasteiger partial charge is 0.311 e. The molecule has 1 aromatic carbocycles. The standard InChI is InChI=1S/C15H24F2N2/c1-11(2)8-12(19(3)4)9-18-10-13-14(16)6-5-7-15(13)17/h5-7,11-12,18H,8-10H2,1-4H3/t12-/m1/s1. The van der Waals surface area contributed by atoms with E-state index in [-0.39, 0.29) is 12.1 Å². The molecular formula is C15H24F2N2. The second kappa shape index (κ2) is 7.56. The Morgan fingerprint density at radius 2 is 1.74 bits per heavy atom. The van der Waals surface area contributed by atoms with E-state index in [0.29, 0.717) is 12.0 Å². The molecule has 1 aromatic rings. The summed E-state index contributed by atoms with van der Waals surface area (Å²) in [4.78, 5) is 2.14. The van der Waals surface area contributed by atoms with Crippen molar-refractivity contribution in [3.63, 3.8) is 0 Å². The Hall–Kier alpha value is -1.00. The van der Waals surface area contributed by atoms with E-state index in [2.05, 4.69) is 24.1 Å². The maximum atomic E-state index is 13.5. The molecule has 0 amide bonds. The molecule has 4 heteroatoms. The van der Waals surface area contributed by atoms with Gasteiger partial charge in [-0.25, -0.2) is 8.78 Å². The zero-order valence-corrected chi connectivity index (χ0v) is 12.2. The Balaban J connectivity index is 2.52. The number of hydrogen-bond acceptors (Lipinski definition) is 2. The van der Waals surface area contributed by atoms with Crippen molar-refractivity contribution in [1.82, 2.24) is 10.2 Å². The minimum atomic E-state index is -0.488. The lowest BCUT2D eigenvalue weighted by Gasteiger charge is -2.26. The first-order valence-electron chi connectivity index (χ1n) is 6.71. The Bertz CT molecular complexity index is 371. The molecule has 19 heavy (non-hydrogen) atoms. The highest BCUT2D eigenvalue weighted by atomic mass is 19.1. The molecule has 108 valence electrons. The minimum absolute atomic E-state index is 0.115. The van der Waals surface area contributed by atoms with Crippen LogP contribution in [0.2, 0.25) is 0 Å². The van der Waals surface area contributed by atoms with Gasteiger partial charge < -0.3 is 10.2 Å². The first-order chi connectivity index (χ1) is 8.91. The van der Waals surface area contributed by atoms with Crippen LogP contribution in [0.5, 0.6) is 0 Å². The Kier molecular flexibility index (Phi) is 6.38. The fraction of sp³-hybridized carbons (Fsp3) is 0.600. The molecule has 0 saturated heterocycles. The molecule has 0 aliphatic carbocycles. The van der Waals surface area contributed by atoms with Crippen LogP contribution in [0, 0.1) is 17.6 Å². The highest BCUT2D eigenvalue weighted by Gasteiger charge is 2.14. The number of likely N-dealkylation sites (N-methyl/N-ethyl adjacent to an activating group) is 1. The molecule has 2 nitrogen and oxygen atoms in total. The van der Waals surface area contributed by atoms with Gasteiger partial charge in [0.25, 0.3) is 0 Å². The van der Waals surface area contributed by atoms with E-state index in [1.54, 1.807) is 0 Å². The molecule has 0 heterocycles. The predicted octanol–water partition coefficient (Wildman–Crippen LogP) is 3.03.